The van der Waals surface area contributed by atoms with Crippen molar-refractivity contribution in [2.24, 2.45) is 5.73 Å². The van der Waals surface area contributed by atoms with E-state index in [0.29, 0.717) is 5.75 Å². The molecule has 0 fully saturated rings. The Hall–Kier alpha value is -2.10. The van der Waals surface area contributed by atoms with E-state index in [1.165, 1.54) is 0 Å². The lowest BCUT2D eigenvalue weighted by Crippen LogP contribution is -2.30. The Bertz CT molecular complexity index is 525. The maximum Gasteiger partial charge on any atom is 0.258 e. The van der Waals surface area contributed by atoms with Crippen LogP contribution in [0.3, 0.4) is 0 Å². The number of pyridine rings is 1. The molecule has 2 rings (SSSR count). The number of nitrogens with two attached hydrogens (primary N) is 1. The number of carbonyl (C=O) groups is 1. The van der Waals surface area contributed by atoms with Crippen molar-refractivity contribution >= 4 is 16.7 Å². The predicted molar refractivity (Wildman–Crippen MR) is 61.0 cm³/mol. The molecule has 0 spiro atoms. The van der Waals surface area contributed by atoms with Crippen LogP contribution in [0.5, 0.6) is 5.75 Å². The molecule has 1 aromatic carbocycles. The summed E-state index contributed by atoms with van der Waals surface area (Å²) < 4.78 is 5.39. The van der Waals surface area contributed by atoms with E-state index < -0.39 is 12.0 Å². The van der Waals surface area contributed by atoms with Gasteiger partial charge in [-0.2, -0.15) is 0 Å². The second-order valence-corrected chi connectivity index (χ2v) is 3.55. The van der Waals surface area contributed by atoms with E-state index in [0.717, 1.165) is 10.8 Å². The second kappa shape index (κ2) is 4.18. The van der Waals surface area contributed by atoms with E-state index >= 15 is 0 Å². The normalized spacial score (nSPS) is 12.3. The van der Waals surface area contributed by atoms with Crippen LogP contribution in [0, 0.1) is 0 Å². The van der Waals surface area contributed by atoms with Crippen LogP contribution in [-0.4, -0.2) is 17.0 Å². The topological polar surface area (TPSA) is 65.2 Å². The molecular formula is C12H12N2O2. The number of ether oxygens (including phenoxy) is 1. The summed E-state index contributed by atoms with van der Waals surface area (Å²) in [6.45, 7) is 1.62. The van der Waals surface area contributed by atoms with Crippen LogP contribution in [-0.2, 0) is 4.79 Å². The number of carbonyl (C=O) groups excluding carboxylic acids is 1. The van der Waals surface area contributed by atoms with Crippen molar-refractivity contribution in [3.05, 3.63) is 36.7 Å². The third-order valence-electron chi connectivity index (χ3n) is 2.33. The molecule has 1 aromatic heterocycles. The van der Waals surface area contributed by atoms with Crippen molar-refractivity contribution in [2.75, 3.05) is 0 Å². The third kappa shape index (κ3) is 2.11. The van der Waals surface area contributed by atoms with Gasteiger partial charge in [0.05, 0.1) is 0 Å². The summed E-state index contributed by atoms with van der Waals surface area (Å²) in [6.07, 6.45) is 2.86. The average Bonchev–Trinajstić information content (AvgIpc) is 2.28. The van der Waals surface area contributed by atoms with E-state index in [-0.39, 0.29) is 0 Å². The van der Waals surface area contributed by atoms with E-state index in [2.05, 4.69) is 4.98 Å². The summed E-state index contributed by atoms with van der Waals surface area (Å²) in [4.78, 5) is 14.9. The number of nitrogens with zero attached hydrogens (tertiary/aromatic N) is 1. The first kappa shape index (κ1) is 10.4. The zero-order valence-corrected chi connectivity index (χ0v) is 8.88. The summed E-state index contributed by atoms with van der Waals surface area (Å²) in [6, 6.07) is 7.43. The summed E-state index contributed by atoms with van der Waals surface area (Å²) >= 11 is 0. The largest absolute Gasteiger partial charge is 0.481 e. The Labute approximate surface area is 93.0 Å². The van der Waals surface area contributed by atoms with Gasteiger partial charge >= 0.3 is 0 Å². The highest BCUT2D eigenvalue weighted by atomic mass is 16.5. The molecule has 0 aliphatic heterocycles. The number of rotatable bonds is 3. The van der Waals surface area contributed by atoms with Crippen LogP contribution in [0.25, 0.3) is 10.8 Å². The van der Waals surface area contributed by atoms with Crippen LogP contribution in [0.15, 0.2) is 36.7 Å². The fraction of sp³-hybridized carbons (Fsp3) is 0.167. The van der Waals surface area contributed by atoms with E-state index in [1.54, 1.807) is 25.4 Å². The number of amides is 1. The molecule has 16 heavy (non-hydrogen) atoms. The van der Waals surface area contributed by atoms with Crippen LogP contribution in [0.1, 0.15) is 6.92 Å². The molecule has 4 heteroatoms. The van der Waals surface area contributed by atoms with E-state index in [1.807, 2.05) is 18.2 Å². The maximum absolute atomic E-state index is 10.9. The lowest BCUT2D eigenvalue weighted by Gasteiger charge is -2.11. The van der Waals surface area contributed by atoms with Crippen LogP contribution < -0.4 is 10.5 Å². The van der Waals surface area contributed by atoms with Gasteiger partial charge in [-0.15, -0.1) is 0 Å². The molecule has 0 radical (unpaired) electrons. The van der Waals surface area contributed by atoms with Gasteiger partial charge < -0.3 is 10.5 Å². The Morgan fingerprint density at radius 1 is 1.38 bits per heavy atom. The van der Waals surface area contributed by atoms with Gasteiger partial charge in [0.1, 0.15) is 5.75 Å². The van der Waals surface area contributed by atoms with Gasteiger partial charge in [-0.05, 0) is 36.6 Å². The Balaban J connectivity index is 2.29. The molecule has 0 saturated heterocycles. The highest BCUT2D eigenvalue weighted by molar-refractivity contribution is 5.83. The fourth-order valence-electron chi connectivity index (χ4n) is 1.40. The summed E-state index contributed by atoms with van der Waals surface area (Å²) in [5.41, 5.74) is 5.12. The molecule has 1 amide bonds. The van der Waals surface area contributed by atoms with Gasteiger partial charge in [0.25, 0.3) is 5.91 Å². The third-order valence-corrected chi connectivity index (χ3v) is 2.33. The molecule has 1 atom stereocenters. The fourth-order valence-corrected chi connectivity index (χ4v) is 1.40. The van der Waals surface area contributed by atoms with Gasteiger partial charge in [0, 0.05) is 17.8 Å². The van der Waals surface area contributed by atoms with Gasteiger partial charge in [0.15, 0.2) is 6.10 Å². The number of hydrogen-bond acceptors (Lipinski definition) is 3. The van der Waals surface area contributed by atoms with Crippen molar-refractivity contribution in [3.8, 4) is 5.75 Å². The number of aromatic nitrogens is 1. The predicted octanol–water partition coefficient (Wildman–Crippen LogP) is 1.49. The number of benzene rings is 1. The Morgan fingerprint density at radius 3 is 2.94 bits per heavy atom. The summed E-state index contributed by atoms with van der Waals surface area (Å²) in [5, 5.41) is 2.05. The summed E-state index contributed by atoms with van der Waals surface area (Å²) in [7, 11) is 0. The van der Waals surface area contributed by atoms with Crippen molar-refractivity contribution in [1.82, 2.24) is 4.98 Å². The molecule has 0 bridgehead atoms. The lowest BCUT2D eigenvalue weighted by atomic mass is 10.2. The first-order valence-corrected chi connectivity index (χ1v) is 4.96. The van der Waals surface area contributed by atoms with Crippen molar-refractivity contribution in [2.45, 2.75) is 13.0 Å². The molecule has 1 heterocycles. The van der Waals surface area contributed by atoms with Crippen LogP contribution in [0.2, 0.25) is 0 Å². The molecule has 2 aromatic rings. The van der Waals surface area contributed by atoms with Gasteiger partial charge in [-0.1, -0.05) is 0 Å². The highest BCUT2D eigenvalue weighted by Gasteiger charge is 2.09. The smallest absolute Gasteiger partial charge is 0.258 e. The average molecular weight is 216 g/mol. The molecule has 1 unspecified atom stereocenters. The molecular weight excluding hydrogens is 204 g/mol. The van der Waals surface area contributed by atoms with Gasteiger partial charge in [-0.3, -0.25) is 9.78 Å². The van der Waals surface area contributed by atoms with Crippen LogP contribution >= 0.6 is 0 Å². The Kier molecular flexibility index (Phi) is 2.72. The summed E-state index contributed by atoms with van der Waals surface area (Å²) in [5.74, 6) is 0.153. The molecule has 82 valence electrons. The van der Waals surface area contributed by atoms with Crippen LogP contribution in [0.4, 0.5) is 0 Å². The van der Waals surface area contributed by atoms with E-state index in [4.69, 9.17) is 10.5 Å². The Morgan fingerprint density at radius 2 is 2.19 bits per heavy atom. The SMILES string of the molecule is CC(Oc1ccc2cnccc2c1)C(N)=O. The first-order chi connectivity index (χ1) is 7.66. The standard InChI is InChI=1S/C12H12N2O2/c1-8(12(13)15)16-11-3-2-10-7-14-5-4-9(10)6-11/h2-8H,1H3,(H2,13,15). The zero-order chi connectivity index (χ0) is 11.5. The molecule has 0 aliphatic carbocycles. The number of primary amides is 1. The molecule has 2 N–H and O–H groups in total. The minimum Gasteiger partial charge on any atom is -0.481 e. The minimum absolute atomic E-state index is 0.477. The minimum atomic E-state index is -0.626. The molecule has 0 saturated carbocycles. The molecule has 0 aliphatic rings. The van der Waals surface area contributed by atoms with Crippen molar-refractivity contribution in [3.63, 3.8) is 0 Å². The van der Waals surface area contributed by atoms with Gasteiger partial charge in [0.2, 0.25) is 0 Å². The van der Waals surface area contributed by atoms with Gasteiger partial charge in [-0.25, -0.2) is 0 Å². The maximum atomic E-state index is 10.9. The highest BCUT2D eigenvalue weighted by Crippen LogP contribution is 2.20. The van der Waals surface area contributed by atoms with Crippen molar-refractivity contribution in [1.29, 1.82) is 0 Å². The second-order valence-electron chi connectivity index (χ2n) is 3.55. The monoisotopic (exact) mass is 216 g/mol. The lowest BCUT2D eigenvalue weighted by molar-refractivity contribution is -0.123. The number of fused-ring (bicyclic) bond motifs is 1. The quantitative estimate of drug-likeness (QED) is 0.845. The first-order valence-electron chi connectivity index (χ1n) is 4.96. The zero-order valence-electron chi connectivity index (χ0n) is 8.88. The number of hydrogen-bond donors (Lipinski definition) is 1. The van der Waals surface area contributed by atoms with E-state index in [9.17, 15) is 4.79 Å². The van der Waals surface area contributed by atoms with Crippen molar-refractivity contribution < 1.29 is 9.53 Å². The molecule has 4 nitrogen and oxygen atoms in total.